The lowest BCUT2D eigenvalue weighted by molar-refractivity contribution is -0.151. The van der Waals surface area contributed by atoms with E-state index in [9.17, 15) is 19.2 Å². The van der Waals surface area contributed by atoms with Crippen LogP contribution in [0.1, 0.15) is 90.0 Å². The van der Waals surface area contributed by atoms with Crippen molar-refractivity contribution in [1.82, 2.24) is 15.5 Å². The molecule has 2 N–H and O–H groups in total. The van der Waals surface area contributed by atoms with Crippen molar-refractivity contribution in [3.8, 4) is 0 Å². The number of esters is 1. The van der Waals surface area contributed by atoms with Crippen molar-refractivity contribution in [1.29, 1.82) is 0 Å². The summed E-state index contributed by atoms with van der Waals surface area (Å²) in [5.74, 6) is -1.83. The average molecular weight is 514 g/mol. The second kappa shape index (κ2) is 17.3. The van der Waals surface area contributed by atoms with E-state index in [-0.39, 0.29) is 25.2 Å². The minimum Gasteiger partial charge on any atom is -0.466 e. The molecule has 8 heteroatoms. The van der Waals surface area contributed by atoms with Gasteiger partial charge >= 0.3 is 5.97 Å². The molecule has 0 aromatic heterocycles. The van der Waals surface area contributed by atoms with Gasteiger partial charge in [0.05, 0.1) is 13.0 Å². The first-order valence-corrected chi connectivity index (χ1v) is 13.7. The lowest BCUT2D eigenvalue weighted by Gasteiger charge is -2.35. The van der Waals surface area contributed by atoms with E-state index in [1.54, 1.807) is 18.2 Å². The standard InChI is InChI=1S/C29H43N3O5/c1-3-4-5-6-7-8-9-10-11-15-20-37-27(34)22-26-28(35)30-18-19-32(26)29(36)25(31-23(2)33)21-24-16-13-12-14-17-24/h12-14,16-17,21,26H,3-11,15,18-20,22H2,1-2H3,(H,30,35)(H,31,33)/b25-21+. The molecule has 3 amide bonds. The molecule has 1 aromatic rings. The Hall–Kier alpha value is -3.16. The molecule has 1 aromatic carbocycles. The lowest BCUT2D eigenvalue weighted by atomic mass is 10.1. The number of nitrogens with one attached hydrogen (secondary N) is 2. The van der Waals surface area contributed by atoms with E-state index < -0.39 is 29.7 Å². The minimum atomic E-state index is -0.991. The van der Waals surface area contributed by atoms with Crippen molar-refractivity contribution in [2.24, 2.45) is 0 Å². The van der Waals surface area contributed by atoms with Gasteiger partial charge in [0.15, 0.2) is 0 Å². The zero-order valence-electron chi connectivity index (χ0n) is 22.4. The first-order chi connectivity index (χ1) is 17.9. The number of nitrogens with zero attached hydrogens (tertiary/aromatic N) is 1. The molecule has 1 atom stereocenters. The Morgan fingerprint density at radius 3 is 2.24 bits per heavy atom. The highest BCUT2D eigenvalue weighted by molar-refractivity contribution is 6.03. The Bertz CT molecular complexity index is 900. The SMILES string of the molecule is CCCCCCCCCCCCOC(=O)CC1C(=O)NCCN1C(=O)/C(=C\c1ccccc1)NC(C)=O. The van der Waals surface area contributed by atoms with E-state index >= 15 is 0 Å². The van der Waals surface area contributed by atoms with Gasteiger partial charge in [0.2, 0.25) is 11.8 Å². The molecule has 0 saturated carbocycles. The molecule has 0 aliphatic carbocycles. The van der Waals surface area contributed by atoms with Crippen molar-refractivity contribution < 1.29 is 23.9 Å². The third kappa shape index (κ3) is 11.6. The molecule has 1 aliphatic heterocycles. The van der Waals surface area contributed by atoms with Crippen LogP contribution in [0.4, 0.5) is 0 Å². The van der Waals surface area contributed by atoms with Gasteiger partial charge in [-0.15, -0.1) is 0 Å². The number of carbonyl (C=O) groups is 4. The van der Waals surface area contributed by atoms with Gasteiger partial charge in [-0.05, 0) is 18.1 Å². The zero-order valence-corrected chi connectivity index (χ0v) is 22.4. The second-order valence-corrected chi connectivity index (χ2v) is 9.56. The maximum absolute atomic E-state index is 13.3. The van der Waals surface area contributed by atoms with E-state index in [0.29, 0.717) is 6.61 Å². The van der Waals surface area contributed by atoms with Gasteiger partial charge in [-0.3, -0.25) is 19.2 Å². The Labute approximate surface area is 221 Å². The maximum atomic E-state index is 13.3. The van der Waals surface area contributed by atoms with Crippen LogP contribution in [0.15, 0.2) is 36.0 Å². The Kier molecular flexibility index (Phi) is 14.1. The molecule has 1 saturated heterocycles. The van der Waals surface area contributed by atoms with Gasteiger partial charge in [-0.1, -0.05) is 95.0 Å². The summed E-state index contributed by atoms with van der Waals surface area (Å²) in [5.41, 5.74) is 0.783. The van der Waals surface area contributed by atoms with Crippen LogP contribution >= 0.6 is 0 Å². The number of unbranched alkanes of at least 4 members (excludes halogenated alkanes) is 9. The number of hydrogen-bond donors (Lipinski definition) is 2. The number of rotatable bonds is 16. The summed E-state index contributed by atoms with van der Waals surface area (Å²) < 4.78 is 5.37. The van der Waals surface area contributed by atoms with Crippen LogP contribution in [0.25, 0.3) is 6.08 Å². The topological polar surface area (TPSA) is 105 Å². The number of carbonyl (C=O) groups excluding carboxylic acids is 4. The molecule has 1 unspecified atom stereocenters. The third-order valence-electron chi connectivity index (χ3n) is 6.36. The van der Waals surface area contributed by atoms with Crippen LogP contribution in [0, 0.1) is 0 Å². The molecule has 8 nitrogen and oxygen atoms in total. The van der Waals surface area contributed by atoms with Gasteiger partial charge in [0.1, 0.15) is 11.7 Å². The minimum absolute atomic E-state index is 0.0529. The molecular formula is C29H43N3O5. The molecule has 0 radical (unpaired) electrons. The van der Waals surface area contributed by atoms with Crippen molar-refractivity contribution in [3.63, 3.8) is 0 Å². The molecule has 2 rings (SSSR count). The van der Waals surface area contributed by atoms with Crippen molar-refractivity contribution in [2.45, 2.75) is 90.5 Å². The van der Waals surface area contributed by atoms with Crippen LogP contribution in [0.3, 0.4) is 0 Å². The number of amides is 3. The first-order valence-electron chi connectivity index (χ1n) is 13.7. The summed E-state index contributed by atoms with van der Waals surface area (Å²) in [4.78, 5) is 51.5. The van der Waals surface area contributed by atoms with Crippen molar-refractivity contribution in [2.75, 3.05) is 19.7 Å². The highest BCUT2D eigenvalue weighted by Crippen LogP contribution is 2.16. The molecule has 204 valence electrons. The number of piperazine rings is 1. The van der Waals surface area contributed by atoms with Gasteiger partial charge in [-0.2, -0.15) is 0 Å². The maximum Gasteiger partial charge on any atom is 0.308 e. The summed E-state index contributed by atoms with van der Waals surface area (Å²) in [6.07, 6.45) is 13.2. The molecular weight excluding hydrogens is 470 g/mol. The van der Waals surface area contributed by atoms with E-state index in [2.05, 4.69) is 17.6 Å². The monoisotopic (exact) mass is 513 g/mol. The average Bonchev–Trinajstić information content (AvgIpc) is 2.88. The summed E-state index contributed by atoms with van der Waals surface area (Å²) in [5, 5.41) is 5.29. The van der Waals surface area contributed by atoms with Gasteiger partial charge in [0.25, 0.3) is 5.91 Å². The Morgan fingerprint density at radius 1 is 1.00 bits per heavy atom. The Morgan fingerprint density at radius 2 is 1.62 bits per heavy atom. The highest BCUT2D eigenvalue weighted by atomic mass is 16.5. The van der Waals surface area contributed by atoms with E-state index in [1.807, 2.05) is 18.2 Å². The first kappa shape index (κ1) is 30.1. The predicted molar refractivity (Wildman–Crippen MR) is 144 cm³/mol. The third-order valence-corrected chi connectivity index (χ3v) is 6.36. The predicted octanol–water partition coefficient (Wildman–Crippen LogP) is 4.34. The summed E-state index contributed by atoms with van der Waals surface area (Å²) in [6, 6.07) is 8.12. The summed E-state index contributed by atoms with van der Waals surface area (Å²) >= 11 is 0. The summed E-state index contributed by atoms with van der Waals surface area (Å²) in [7, 11) is 0. The van der Waals surface area contributed by atoms with E-state index in [4.69, 9.17) is 4.74 Å². The van der Waals surface area contributed by atoms with Crippen molar-refractivity contribution in [3.05, 3.63) is 41.6 Å². The van der Waals surface area contributed by atoms with Crippen LogP contribution in [-0.2, 0) is 23.9 Å². The van der Waals surface area contributed by atoms with E-state index in [0.717, 1.165) is 24.8 Å². The number of hydrogen-bond acceptors (Lipinski definition) is 5. The Balaban J connectivity index is 1.84. The van der Waals surface area contributed by atoms with Crippen LogP contribution < -0.4 is 10.6 Å². The highest BCUT2D eigenvalue weighted by Gasteiger charge is 2.36. The van der Waals surface area contributed by atoms with E-state index in [1.165, 1.54) is 56.8 Å². The number of benzene rings is 1. The normalized spacial score (nSPS) is 15.7. The van der Waals surface area contributed by atoms with Crippen LogP contribution in [0.5, 0.6) is 0 Å². The largest absolute Gasteiger partial charge is 0.466 e. The fourth-order valence-corrected chi connectivity index (χ4v) is 4.36. The quantitative estimate of drug-likeness (QED) is 0.194. The molecule has 1 heterocycles. The molecule has 1 fully saturated rings. The van der Waals surface area contributed by atoms with Gasteiger partial charge in [0, 0.05) is 20.0 Å². The molecule has 37 heavy (non-hydrogen) atoms. The second-order valence-electron chi connectivity index (χ2n) is 9.56. The summed E-state index contributed by atoms with van der Waals surface area (Å²) in [6.45, 7) is 4.35. The molecule has 1 aliphatic rings. The zero-order chi connectivity index (χ0) is 26.9. The van der Waals surface area contributed by atoms with Crippen molar-refractivity contribution >= 4 is 29.8 Å². The fraction of sp³-hybridized carbons (Fsp3) is 0.586. The van der Waals surface area contributed by atoms with Gasteiger partial charge in [-0.25, -0.2) is 0 Å². The number of ether oxygens (including phenoxy) is 1. The molecule has 0 spiro atoms. The van der Waals surface area contributed by atoms with Crippen LogP contribution in [-0.4, -0.2) is 54.3 Å². The van der Waals surface area contributed by atoms with Gasteiger partial charge < -0.3 is 20.3 Å². The lowest BCUT2D eigenvalue weighted by Crippen LogP contribution is -2.58. The molecule has 0 bridgehead atoms. The van der Waals surface area contributed by atoms with Crippen LogP contribution in [0.2, 0.25) is 0 Å². The smallest absolute Gasteiger partial charge is 0.308 e. The fourth-order valence-electron chi connectivity index (χ4n) is 4.36.